The maximum atomic E-state index is 12.2. The Morgan fingerprint density at radius 2 is 0.900 bits per heavy atom. The molecule has 1 N–H and O–H groups in total. The van der Waals surface area contributed by atoms with Crippen LogP contribution in [0.15, 0.2) is 48.5 Å². The molecule has 0 radical (unpaired) electrons. The number of benzene rings is 2. The number of alkyl halides is 9. The number of rotatable bonds is 9. The maximum Gasteiger partial charge on any atom is 0.460 e. The van der Waals surface area contributed by atoms with Crippen LogP contribution in [0.3, 0.4) is 0 Å². The van der Waals surface area contributed by atoms with E-state index in [9.17, 15) is 47.9 Å². The van der Waals surface area contributed by atoms with Gasteiger partial charge in [0.1, 0.15) is 0 Å². The summed E-state index contributed by atoms with van der Waals surface area (Å²) in [5, 5.41) is -7.00. The third kappa shape index (κ3) is 7.51. The minimum absolute atomic E-state index is 0.270. The van der Waals surface area contributed by atoms with Gasteiger partial charge in [0.15, 0.2) is 0 Å². The van der Waals surface area contributed by atoms with E-state index in [4.69, 9.17) is 4.55 Å². The average molecular weight is 609 g/mol. The predicted molar refractivity (Wildman–Crippen MR) is 135 cm³/mol. The maximum absolute atomic E-state index is 12.2. The van der Waals surface area contributed by atoms with Gasteiger partial charge in [-0.1, -0.05) is 90.1 Å². The molecule has 2 aromatic rings. The van der Waals surface area contributed by atoms with E-state index >= 15 is 0 Å². The second-order valence-corrected chi connectivity index (χ2v) is 12.1. The summed E-state index contributed by atoms with van der Waals surface area (Å²) in [6, 6.07) is 18.3. The van der Waals surface area contributed by atoms with Crippen molar-refractivity contribution in [2.45, 2.75) is 94.9 Å². The average Bonchev–Trinajstić information content (AvgIpc) is 2.83. The van der Waals surface area contributed by atoms with Crippen LogP contribution in [0.2, 0.25) is 0 Å². The van der Waals surface area contributed by atoms with Crippen molar-refractivity contribution in [1.29, 1.82) is 0 Å². The summed E-state index contributed by atoms with van der Waals surface area (Å²) in [5.74, 6) is -14.7. The molecule has 0 aromatic heterocycles. The van der Waals surface area contributed by atoms with Crippen LogP contribution in [0.5, 0.6) is 0 Å². The Hall–Kier alpha value is -2.28. The van der Waals surface area contributed by atoms with Crippen LogP contribution in [0.1, 0.15) is 76.6 Å². The van der Waals surface area contributed by atoms with Crippen LogP contribution in [0.25, 0.3) is 0 Å². The topological polar surface area (TPSA) is 54.4 Å². The lowest BCUT2D eigenvalue weighted by Gasteiger charge is -2.31. The summed E-state index contributed by atoms with van der Waals surface area (Å²) in [4.78, 5) is 0. The summed E-state index contributed by atoms with van der Waals surface area (Å²) < 4.78 is 134. The molecule has 2 aromatic carbocycles. The minimum Gasteiger partial charge on any atom is -0.281 e. The van der Waals surface area contributed by atoms with Crippen molar-refractivity contribution in [3.63, 3.8) is 0 Å². The van der Waals surface area contributed by atoms with Gasteiger partial charge in [0.25, 0.3) is 0 Å². The van der Waals surface area contributed by atoms with E-state index < -0.39 is 33.4 Å². The zero-order valence-corrected chi connectivity index (χ0v) is 23.6. The van der Waals surface area contributed by atoms with Gasteiger partial charge in [-0.15, -0.1) is 0 Å². The van der Waals surface area contributed by atoms with E-state index in [1.54, 1.807) is 0 Å². The lowest BCUT2D eigenvalue weighted by Crippen LogP contribution is -2.63. The first kappa shape index (κ1) is 35.7. The fourth-order valence-corrected chi connectivity index (χ4v) is 3.77. The first-order valence-electron chi connectivity index (χ1n) is 12.1. The highest BCUT2D eigenvalue weighted by Crippen LogP contribution is 2.54. The van der Waals surface area contributed by atoms with E-state index in [2.05, 4.69) is 90.1 Å². The molecule has 0 saturated carbocycles. The SMILES string of the molecule is CCC(C)(C)c1ccc(Cc2ccc(C(C)(C)CC)cc2)cc1.O=S(=O)(O)C(F)(F)C(F)(F)C(F)(F)C(F)(F)F. The molecular weight excluding hydrogens is 575 g/mol. The van der Waals surface area contributed by atoms with Gasteiger partial charge in [-0.3, -0.25) is 4.55 Å². The zero-order chi connectivity index (χ0) is 31.6. The molecule has 0 bridgehead atoms. The molecule has 0 aliphatic heterocycles. The summed E-state index contributed by atoms with van der Waals surface area (Å²) >= 11 is 0. The lowest BCUT2D eigenvalue weighted by molar-refractivity contribution is -0.382. The van der Waals surface area contributed by atoms with Crippen LogP contribution in [0.4, 0.5) is 39.5 Å². The van der Waals surface area contributed by atoms with Crippen molar-refractivity contribution in [3.05, 3.63) is 70.8 Å². The molecule has 3 nitrogen and oxygen atoms in total. The van der Waals surface area contributed by atoms with Crippen molar-refractivity contribution in [2.24, 2.45) is 0 Å². The van der Waals surface area contributed by atoms with Gasteiger partial charge in [0.05, 0.1) is 0 Å². The van der Waals surface area contributed by atoms with Gasteiger partial charge in [-0.05, 0) is 52.3 Å². The second-order valence-electron chi connectivity index (χ2n) is 10.7. The highest BCUT2D eigenvalue weighted by atomic mass is 32.2. The smallest absolute Gasteiger partial charge is 0.281 e. The Bertz CT molecular complexity index is 1160. The lowest BCUT2D eigenvalue weighted by atomic mass is 9.81. The van der Waals surface area contributed by atoms with E-state index in [-0.39, 0.29) is 10.8 Å². The van der Waals surface area contributed by atoms with Crippen molar-refractivity contribution in [3.8, 4) is 0 Å². The van der Waals surface area contributed by atoms with Crippen LogP contribution >= 0.6 is 0 Å². The van der Waals surface area contributed by atoms with Gasteiger partial charge in [-0.25, -0.2) is 0 Å². The first-order chi connectivity index (χ1) is 17.8. The number of hydrogen-bond acceptors (Lipinski definition) is 2. The van der Waals surface area contributed by atoms with Crippen molar-refractivity contribution in [1.82, 2.24) is 0 Å². The fourth-order valence-electron chi connectivity index (χ4n) is 3.31. The molecule has 0 aliphatic rings. The van der Waals surface area contributed by atoms with Gasteiger partial charge in [-0.2, -0.15) is 47.9 Å². The quantitative estimate of drug-likeness (QED) is 0.228. The van der Waals surface area contributed by atoms with Gasteiger partial charge in [0.2, 0.25) is 0 Å². The van der Waals surface area contributed by atoms with Gasteiger partial charge in [0, 0.05) is 0 Å². The van der Waals surface area contributed by atoms with Crippen LogP contribution in [0, 0.1) is 0 Å². The van der Waals surface area contributed by atoms with E-state index in [0.717, 1.165) is 6.42 Å². The summed E-state index contributed by atoms with van der Waals surface area (Å²) in [6.07, 6.45) is -3.79. The van der Waals surface area contributed by atoms with Gasteiger partial charge >= 0.3 is 33.4 Å². The summed E-state index contributed by atoms with van der Waals surface area (Å²) in [7, 11) is -7.17. The Labute approximate surface area is 228 Å². The Morgan fingerprint density at radius 3 is 1.12 bits per heavy atom. The minimum atomic E-state index is -7.37. The highest BCUT2D eigenvalue weighted by Gasteiger charge is 2.85. The molecule has 13 heteroatoms. The van der Waals surface area contributed by atoms with E-state index in [0.29, 0.717) is 0 Å². The third-order valence-electron chi connectivity index (χ3n) is 7.09. The molecule has 0 amide bonds. The Balaban J connectivity index is 0.000000421. The molecule has 0 heterocycles. The molecule has 0 spiro atoms. The third-order valence-corrected chi connectivity index (χ3v) is 7.99. The molecule has 0 unspecified atom stereocenters. The van der Waals surface area contributed by atoms with Crippen molar-refractivity contribution in [2.75, 3.05) is 0 Å². The van der Waals surface area contributed by atoms with Crippen molar-refractivity contribution < 1.29 is 52.5 Å². The molecule has 2 rings (SSSR count). The van der Waals surface area contributed by atoms with Gasteiger partial charge < -0.3 is 0 Å². The number of hydrogen-bond donors (Lipinski definition) is 1. The van der Waals surface area contributed by atoms with E-state index in [1.807, 2.05) is 0 Å². The largest absolute Gasteiger partial charge is 0.460 e. The molecule has 0 saturated heterocycles. The van der Waals surface area contributed by atoms with E-state index in [1.165, 1.54) is 35.1 Å². The monoisotopic (exact) mass is 608 g/mol. The molecule has 40 heavy (non-hydrogen) atoms. The molecule has 228 valence electrons. The van der Waals surface area contributed by atoms with Crippen molar-refractivity contribution >= 4 is 10.1 Å². The highest BCUT2D eigenvalue weighted by molar-refractivity contribution is 7.87. The summed E-state index contributed by atoms with van der Waals surface area (Å²) in [5.41, 5.74) is 6.19. The van der Waals surface area contributed by atoms with Crippen LogP contribution < -0.4 is 0 Å². The zero-order valence-electron chi connectivity index (χ0n) is 22.8. The second kappa shape index (κ2) is 11.9. The van der Waals surface area contributed by atoms with Crippen LogP contribution in [-0.2, 0) is 27.4 Å². The fraction of sp³-hybridized carbons (Fsp3) is 0.556. The predicted octanol–water partition coefficient (Wildman–Crippen LogP) is 8.95. The first-order valence-corrected chi connectivity index (χ1v) is 13.6. The molecule has 0 atom stereocenters. The van der Waals surface area contributed by atoms with Crippen LogP contribution in [-0.4, -0.2) is 36.2 Å². The standard InChI is InChI=1S/C23H32.C4HF9O3S/c1-7-22(3,4)20-13-9-18(10-14-20)17-19-11-15-21(16-12-19)23(5,6)8-2;5-1(6,3(9,10)11)2(7,8)4(12,13)17(14,15)16/h9-16H,7-8,17H2,1-6H3;(H,14,15,16). The normalized spacial score (nSPS) is 14.0. The molecule has 0 fully saturated rings. The summed E-state index contributed by atoms with van der Waals surface area (Å²) in [6.45, 7) is 13.8. The molecular formula is C27H33F9O3S. The Morgan fingerprint density at radius 1 is 0.600 bits per heavy atom. The Kier molecular flexibility index (Phi) is 10.6. The number of halogens is 9. The molecule has 0 aliphatic carbocycles.